The average Bonchev–Trinajstić information content (AvgIpc) is 2.71. The third-order valence-electron chi connectivity index (χ3n) is 4.78. The van der Waals surface area contributed by atoms with Crippen LogP contribution in [0.15, 0.2) is 72.8 Å². The lowest BCUT2D eigenvalue weighted by Gasteiger charge is -2.29. The van der Waals surface area contributed by atoms with Gasteiger partial charge in [-0.25, -0.2) is 4.39 Å². The minimum atomic E-state index is -0.267. The van der Waals surface area contributed by atoms with Crippen LogP contribution >= 0.6 is 0 Å². The number of rotatable bonds is 5. The molecule has 0 spiro atoms. The molecule has 3 aromatic carbocycles. The van der Waals surface area contributed by atoms with Crippen molar-refractivity contribution in [2.75, 3.05) is 6.54 Å². The summed E-state index contributed by atoms with van der Waals surface area (Å²) >= 11 is 0. The lowest BCUT2D eigenvalue weighted by Crippen LogP contribution is -2.37. The normalized spacial score (nSPS) is 13.4. The molecule has 0 bridgehead atoms. The maximum Gasteiger partial charge on any atom is 0.254 e. The van der Waals surface area contributed by atoms with Crippen LogP contribution in [0.2, 0.25) is 0 Å². The van der Waals surface area contributed by atoms with Crippen LogP contribution in [-0.2, 0) is 19.6 Å². The van der Waals surface area contributed by atoms with E-state index in [4.69, 9.17) is 4.74 Å². The van der Waals surface area contributed by atoms with E-state index in [1.165, 1.54) is 12.1 Å². The first-order chi connectivity index (χ1) is 13.2. The summed E-state index contributed by atoms with van der Waals surface area (Å²) in [6, 6.07) is 21.9. The molecule has 0 N–H and O–H groups in total. The fraction of sp³-hybridized carbons (Fsp3) is 0.174. The van der Waals surface area contributed by atoms with Crippen LogP contribution in [0.25, 0.3) is 0 Å². The van der Waals surface area contributed by atoms with E-state index in [0.717, 1.165) is 34.4 Å². The van der Waals surface area contributed by atoms with Gasteiger partial charge >= 0.3 is 0 Å². The number of benzene rings is 3. The molecule has 4 heteroatoms. The molecule has 1 aliphatic rings. The molecule has 3 nitrogen and oxygen atoms in total. The minimum absolute atomic E-state index is 0.00943. The first kappa shape index (κ1) is 17.3. The van der Waals surface area contributed by atoms with Crippen molar-refractivity contribution in [2.45, 2.75) is 19.6 Å². The first-order valence-electron chi connectivity index (χ1n) is 9.02. The van der Waals surface area contributed by atoms with E-state index >= 15 is 0 Å². The standard InChI is InChI=1S/C23H20FNO2/c24-20-8-6-17(7-9-20)15-25-13-12-19-14-21(10-11-22(19)23(25)26)27-16-18-4-2-1-3-5-18/h1-11,14H,12-13,15-16H2. The summed E-state index contributed by atoms with van der Waals surface area (Å²) in [5.41, 5.74) is 3.77. The summed E-state index contributed by atoms with van der Waals surface area (Å²) in [5, 5.41) is 0. The second-order valence-corrected chi connectivity index (χ2v) is 6.70. The van der Waals surface area contributed by atoms with Crippen molar-refractivity contribution in [3.8, 4) is 5.75 Å². The van der Waals surface area contributed by atoms with E-state index in [1.54, 1.807) is 17.0 Å². The number of nitrogens with zero attached hydrogens (tertiary/aromatic N) is 1. The second kappa shape index (κ2) is 7.62. The summed E-state index contributed by atoms with van der Waals surface area (Å²) in [5.74, 6) is 0.518. The number of ether oxygens (including phenoxy) is 1. The Morgan fingerprint density at radius 2 is 1.70 bits per heavy atom. The van der Waals surface area contributed by atoms with E-state index in [0.29, 0.717) is 19.7 Å². The van der Waals surface area contributed by atoms with Crippen LogP contribution in [-0.4, -0.2) is 17.4 Å². The van der Waals surface area contributed by atoms with E-state index in [1.807, 2.05) is 48.5 Å². The number of amides is 1. The van der Waals surface area contributed by atoms with E-state index < -0.39 is 0 Å². The highest BCUT2D eigenvalue weighted by atomic mass is 19.1. The molecule has 4 rings (SSSR count). The Kier molecular flexibility index (Phi) is 4.88. The zero-order valence-corrected chi connectivity index (χ0v) is 14.9. The molecule has 3 aromatic rings. The van der Waals surface area contributed by atoms with Gasteiger partial charge in [0.25, 0.3) is 5.91 Å². The third kappa shape index (κ3) is 4.00. The van der Waals surface area contributed by atoms with E-state index in [2.05, 4.69) is 0 Å². The molecule has 0 aliphatic carbocycles. The molecule has 0 radical (unpaired) electrons. The Balaban J connectivity index is 1.44. The van der Waals surface area contributed by atoms with Crippen LogP contribution in [0.1, 0.15) is 27.0 Å². The molecule has 0 fully saturated rings. The van der Waals surface area contributed by atoms with Gasteiger partial charge in [0, 0.05) is 18.7 Å². The van der Waals surface area contributed by atoms with Crippen molar-refractivity contribution in [1.82, 2.24) is 4.90 Å². The summed E-state index contributed by atoms with van der Waals surface area (Å²) in [4.78, 5) is 14.6. The van der Waals surface area contributed by atoms with Crippen LogP contribution < -0.4 is 4.74 Å². The zero-order valence-electron chi connectivity index (χ0n) is 14.9. The quantitative estimate of drug-likeness (QED) is 0.664. The predicted octanol–water partition coefficient (Wildman–Crippen LogP) is 4.60. The molecule has 1 heterocycles. The minimum Gasteiger partial charge on any atom is -0.489 e. The highest BCUT2D eigenvalue weighted by Crippen LogP contribution is 2.25. The Morgan fingerprint density at radius 1 is 0.926 bits per heavy atom. The molecule has 0 unspecified atom stereocenters. The molecule has 1 amide bonds. The number of carbonyl (C=O) groups excluding carboxylic acids is 1. The average molecular weight is 361 g/mol. The summed E-state index contributed by atoms with van der Waals surface area (Å²) in [6.07, 6.45) is 0.783. The molecular formula is C23H20FNO2. The van der Waals surface area contributed by atoms with Gasteiger partial charge in [0.15, 0.2) is 0 Å². The Labute approximate surface area is 158 Å². The maximum atomic E-state index is 13.1. The number of fused-ring (bicyclic) bond motifs is 1. The van der Waals surface area contributed by atoms with Crippen molar-refractivity contribution in [3.05, 3.63) is 101 Å². The van der Waals surface area contributed by atoms with Crippen LogP contribution in [0.4, 0.5) is 4.39 Å². The lowest BCUT2D eigenvalue weighted by atomic mass is 9.98. The smallest absolute Gasteiger partial charge is 0.254 e. The Hall–Kier alpha value is -3.14. The van der Waals surface area contributed by atoms with Crippen molar-refractivity contribution in [3.63, 3.8) is 0 Å². The second-order valence-electron chi connectivity index (χ2n) is 6.70. The SMILES string of the molecule is O=C1c2ccc(OCc3ccccc3)cc2CCN1Cc1ccc(F)cc1. The van der Waals surface area contributed by atoms with Crippen LogP contribution in [0, 0.1) is 5.82 Å². The molecular weight excluding hydrogens is 341 g/mol. The molecule has 0 saturated carbocycles. The molecule has 27 heavy (non-hydrogen) atoms. The van der Waals surface area contributed by atoms with Gasteiger partial charge in [-0.3, -0.25) is 4.79 Å². The van der Waals surface area contributed by atoms with Gasteiger partial charge in [-0.05, 0) is 53.4 Å². The predicted molar refractivity (Wildman–Crippen MR) is 102 cm³/mol. The van der Waals surface area contributed by atoms with Crippen molar-refractivity contribution < 1.29 is 13.9 Å². The van der Waals surface area contributed by atoms with Gasteiger partial charge in [0.1, 0.15) is 18.2 Å². The number of hydrogen-bond donors (Lipinski definition) is 0. The highest BCUT2D eigenvalue weighted by molar-refractivity contribution is 5.96. The van der Waals surface area contributed by atoms with Gasteiger partial charge < -0.3 is 9.64 Å². The topological polar surface area (TPSA) is 29.5 Å². The fourth-order valence-corrected chi connectivity index (χ4v) is 3.30. The van der Waals surface area contributed by atoms with Crippen molar-refractivity contribution >= 4 is 5.91 Å². The zero-order chi connectivity index (χ0) is 18.6. The molecule has 0 atom stereocenters. The number of hydrogen-bond acceptors (Lipinski definition) is 2. The number of carbonyl (C=O) groups is 1. The lowest BCUT2D eigenvalue weighted by molar-refractivity contribution is 0.0727. The molecule has 0 saturated heterocycles. The number of halogens is 1. The summed E-state index contributed by atoms with van der Waals surface area (Å²) in [7, 11) is 0. The largest absolute Gasteiger partial charge is 0.489 e. The van der Waals surface area contributed by atoms with Gasteiger partial charge in [-0.15, -0.1) is 0 Å². The summed E-state index contributed by atoms with van der Waals surface area (Å²) in [6.45, 7) is 1.64. The van der Waals surface area contributed by atoms with Gasteiger partial charge in [0.05, 0.1) is 0 Å². The van der Waals surface area contributed by atoms with Crippen LogP contribution in [0.3, 0.4) is 0 Å². The molecule has 0 aromatic heterocycles. The highest BCUT2D eigenvalue weighted by Gasteiger charge is 2.24. The van der Waals surface area contributed by atoms with Crippen molar-refractivity contribution in [2.24, 2.45) is 0 Å². The first-order valence-corrected chi connectivity index (χ1v) is 9.02. The van der Waals surface area contributed by atoms with E-state index in [9.17, 15) is 9.18 Å². The van der Waals surface area contributed by atoms with E-state index in [-0.39, 0.29) is 11.7 Å². The monoisotopic (exact) mass is 361 g/mol. The van der Waals surface area contributed by atoms with Gasteiger partial charge in [0.2, 0.25) is 0 Å². The summed E-state index contributed by atoms with van der Waals surface area (Å²) < 4.78 is 18.9. The molecule has 1 aliphatic heterocycles. The Bertz CT molecular complexity index is 938. The van der Waals surface area contributed by atoms with Crippen molar-refractivity contribution in [1.29, 1.82) is 0 Å². The van der Waals surface area contributed by atoms with Crippen LogP contribution in [0.5, 0.6) is 5.75 Å². The fourth-order valence-electron chi connectivity index (χ4n) is 3.30. The van der Waals surface area contributed by atoms with Gasteiger partial charge in [-0.2, -0.15) is 0 Å². The van der Waals surface area contributed by atoms with Gasteiger partial charge in [-0.1, -0.05) is 42.5 Å². The third-order valence-corrected chi connectivity index (χ3v) is 4.78. The Morgan fingerprint density at radius 3 is 2.48 bits per heavy atom. The molecule has 136 valence electrons. The maximum absolute atomic E-state index is 13.1.